The number of anilines is 1. The number of nitrogen functional groups attached to an aromatic ring is 1. The average molecular weight is 582 g/mol. The summed E-state index contributed by atoms with van der Waals surface area (Å²) in [6.45, 7) is 3.83. The first-order chi connectivity index (χ1) is 19.7. The van der Waals surface area contributed by atoms with Crippen LogP contribution in [-0.2, 0) is 38.1 Å². The maximum Gasteiger partial charge on any atom is 0.519 e. The van der Waals surface area contributed by atoms with E-state index in [-0.39, 0.29) is 49.4 Å². The zero-order valence-corrected chi connectivity index (χ0v) is 23.3. The van der Waals surface area contributed by atoms with Gasteiger partial charge in [0, 0.05) is 12.1 Å². The Morgan fingerprint density at radius 2 is 1.66 bits per heavy atom. The molecule has 14 heteroatoms. The summed E-state index contributed by atoms with van der Waals surface area (Å²) in [4.78, 5) is 34.5. The van der Waals surface area contributed by atoms with Crippen molar-refractivity contribution in [1.29, 1.82) is 0 Å². The third-order valence-electron chi connectivity index (χ3n) is 6.12. The Morgan fingerprint density at radius 3 is 2.39 bits per heavy atom. The van der Waals surface area contributed by atoms with Crippen LogP contribution < -0.4 is 17.1 Å². The molecule has 2 aromatic carbocycles. The van der Waals surface area contributed by atoms with Gasteiger partial charge in [-0.25, -0.2) is 9.78 Å². The molecule has 41 heavy (non-hydrogen) atoms. The lowest BCUT2D eigenvalue weighted by molar-refractivity contribution is 0.114. The average Bonchev–Trinajstić information content (AvgIpc) is 3.53. The topological polar surface area (TPSA) is 178 Å². The SMILES string of the molecule is Cc1ccc(COP(=O)(COCCn2cnc3c(=O)[nH]c(N)nc32)OCc2oc(=O)oc2-c2ccc(C)cc2)cc1. The first-order valence-corrected chi connectivity index (χ1v) is 14.3. The van der Waals surface area contributed by atoms with Crippen molar-refractivity contribution in [2.24, 2.45) is 0 Å². The van der Waals surface area contributed by atoms with Gasteiger partial charge >= 0.3 is 13.4 Å². The van der Waals surface area contributed by atoms with Gasteiger partial charge in [-0.3, -0.25) is 18.9 Å². The van der Waals surface area contributed by atoms with Crippen LogP contribution in [0.2, 0.25) is 0 Å². The molecule has 0 saturated carbocycles. The number of rotatable bonds is 12. The van der Waals surface area contributed by atoms with E-state index < -0.39 is 25.3 Å². The lowest BCUT2D eigenvalue weighted by Gasteiger charge is -2.18. The number of nitrogens with two attached hydrogens (primary N) is 1. The van der Waals surface area contributed by atoms with Crippen molar-refractivity contribution in [3.63, 3.8) is 0 Å². The summed E-state index contributed by atoms with van der Waals surface area (Å²) in [7, 11) is -3.88. The molecule has 5 aromatic rings. The van der Waals surface area contributed by atoms with Crippen LogP contribution in [0.25, 0.3) is 22.5 Å². The molecule has 214 valence electrons. The molecule has 0 bridgehead atoms. The molecule has 0 radical (unpaired) electrons. The van der Waals surface area contributed by atoms with Gasteiger partial charge < -0.3 is 28.4 Å². The number of nitrogens with one attached hydrogen (secondary N) is 1. The van der Waals surface area contributed by atoms with Crippen molar-refractivity contribution in [3.8, 4) is 11.3 Å². The lowest BCUT2D eigenvalue weighted by Crippen LogP contribution is -2.13. The van der Waals surface area contributed by atoms with E-state index in [1.165, 1.54) is 6.33 Å². The van der Waals surface area contributed by atoms with Crippen LogP contribution in [0.15, 0.2) is 73.3 Å². The van der Waals surface area contributed by atoms with E-state index in [1.54, 1.807) is 16.7 Å². The minimum Gasteiger partial charge on any atom is -0.393 e. The molecule has 3 aromatic heterocycles. The smallest absolute Gasteiger partial charge is 0.393 e. The van der Waals surface area contributed by atoms with Crippen LogP contribution in [0.1, 0.15) is 22.5 Å². The number of hydrogen-bond donors (Lipinski definition) is 2. The number of fused-ring (bicyclic) bond motifs is 1. The third kappa shape index (κ3) is 6.90. The third-order valence-corrected chi connectivity index (χ3v) is 7.66. The Labute approximate surface area is 233 Å². The lowest BCUT2D eigenvalue weighted by atomic mass is 10.1. The number of aromatic amines is 1. The van der Waals surface area contributed by atoms with E-state index in [0.717, 1.165) is 16.7 Å². The summed E-state index contributed by atoms with van der Waals surface area (Å²) in [5.41, 5.74) is 9.12. The molecule has 0 aliphatic carbocycles. The van der Waals surface area contributed by atoms with Gasteiger partial charge in [-0.1, -0.05) is 59.7 Å². The van der Waals surface area contributed by atoms with Crippen LogP contribution >= 0.6 is 7.60 Å². The fourth-order valence-electron chi connectivity index (χ4n) is 3.93. The van der Waals surface area contributed by atoms with E-state index in [0.29, 0.717) is 11.2 Å². The number of aryl methyl sites for hydroxylation is 2. The Bertz CT molecular complexity index is 1800. The highest BCUT2D eigenvalue weighted by molar-refractivity contribution is 7.53. The van der Waals surface area contributed by atoms with Crippen molar-refractivity contribution >= 4 is 24.7 Å². The largest absolute Gasteiger partial charge is 0.519 e. The van der Waals surface area contributed by atoms with Gasteiger partial charge in [0.1, 0.15) is 13.0 Å². The van der Waals surface area contributed by atoms with Crippen LogP contribution in [0.4, 0.5) is 5.95 Å². The van der Waals surface area contributed by atoms with Gasteiger partial charge in [0.25, 0.3) is 5.56 Å². The van der Waals surface area contributed by atoms with Crippen LogP contribution in [0.3, 0.4) is 0 Å². The van der Waals surface area contributed by atoms with Gasteiger partial charge in [0.15, 0.2) is 22.7 Å². The Kier molecular flexibility index (Phi) is 8.31. The maximum atomic E-state index is 13.8. The van der Waals surface area contributed by atoms with E-state index in [9.17, 15) is 14.2 Å². The Morgan fingerprint density at radius 1 is 0.976 bits per heavy atom. The number of imidazole rings is 1. The molecule has 3 N–H and O–H groups in total. The fourth-order valence-corrected chi connectivity index (χ4v) is 5.16. The molecular formula is C27H28N5O8P. The Balaban J connectivity index is 1.29. The second-order valence-corrected chi connectivity index (χ2v) is 11.3. The van der Waals surface area contributed by atoms with E-state index in [2.05, 4.69) is 15.0 Å². The first-order valence-electron chi connectivity index (χ1n) is 12.6. The molecule has 0 saturated heterocycles. The molecule has 0 spiro atoms. The fraction of sp³-hybridized carbons (Fsp3) is 0.259. The highest BCUT2D eigenvalue weighted by Gasteiger charge is 2.28. The second kappa shape index (κ2) is 12.1. The number of ether oxygens (including phenoxy) is 1. The standard InChI is InChI=1S/C27H28N5O8P/c1-17-3-7-19(8-4-17)13-37-41(35,16-36-12-11-32-15-29-22-24(32)30-26(28)31-25(22)33)38-14-21-23(40-27(34)39-21)20-9-5-18(2)6-10-20/h3-10,15H,11-14,16H2,1-2H3,(H3,28,30,31,33). The zero-order valence-electron chi connectivity index (χ0n) is 22.4. The molecule has 0 aliphatic heterocycles. The minimum atomic E-state index is -3.88. The van der Waals surface area contributed by atoms with E-state index >= 15 is 0 Å². The van der Waals surface area contributed by atoms with Gasteiger partial charge in [0.05, 0.1) is 19.5 Å². The molecule has 0 amide bonds. The summed E-state index contributed by atoms with van der Waals surface area (Å²) >= 11 is 0. The van der Waals surface area contributed by atoms with Crippen molar-refractivity contribution in [2.45, 2.75) is 33.6 Å². The predicted molar refractivity (Wildman–Crippen MR) is 149 cm³/mol. The second-order valence-electron chi connectivity index (χ2n) is 9.31. The van der Waals surface area contributed by atoms with Gasteiger partial charge in [-0.05, 0) is 19.4 Å². The molecule has 0 aliphatic rings. The van der Waals surface area contributed by atoms with Gasteiger partial charge in [0.2, 0.25) is 5.95 Å². The number of H-pyrrole nitrogens is 1. The van der Waals surface area contributed by atoms with Crippen molar-refractivity contribution in [3.05, 3.63) is 98.3 Å². The maximum absolute atomic E-state index is 13.8. The number of hydrogen-bond acceptors (Lipinski definition) is 11. The van der Waals surface area contributed by atoms with Crippen LogP contribution in [0, 0.1) is 13.8 Å². The monoisotopic (exact) mass is 581 g/mol. The number of aromatic nitrogens is 4. The number of nitrogens with zero attached hydrogens (tertiary/aromatic N) is 3. The molecule has 5 rings (SSSR count). The van der Waals surface area contributed by atoms with Crippen LogP contribution in [0.5, 0.6) is 0 Å². The van der Waals surface area contributed by atoms with Crippen molar-refractivity contribution < 1.29 is 27.2 Å². The van der Waals surface area contributed by atoms with Gasteiger partial charge in [-0.2, -0.15) is 4.98 Å². The highest BCUT2D eigenvalue weighted by atomic mass is 31.2. The van der Waals surface area contributed by atoms with Gasteiger partial charge in [-0.15, -0.1) is 0 Å². The summed E-state index contributed by atoms with van der Waals surface area (Å²) in [5, 5.41) is 0. The predicted octanol–water partition coefficient (Wildman–Crippen LogP) is 4.13. The van der Waals surface area contributed by atoms with E-state index in [4.69, 9.17) is 28.4 Å². The zero-order chi connectivity index (χ0) is 29.0. The Hall–Kier alpha value is -4.29. The van der Waals surface area contributed by atoms with Crippen molar-refractivity contribution in [2.75, 3.05) is 18.7 Å². The summed E-state index contributed by atoms with van der Waals surface area (Å²) in [6, 6.07) is 14.8. The normalized spacial score (nSPS) is 13.0. The van der Waals surface area contributed by atoms with E-state index in [1.807, 2.05) is 50.2 Å². The molecule has 13 nitrogen and oxygen atoms in total. The minimum absolute atomic E-state index is 0.000789. The summed E-state index contributed by atoms with van der Waals surface area (Å²) < 4.78 is 42.9. The van der Waals surface area contributed by atoms with Crippen LogP contribution in [-0.4, -0.2) is 32.5 Å². The van der Waals surface area contributed by atoms with Crippen molar-refractivity contribution in [1.82, 2.24) is 19.5 Å². The molecule has 1 unspecified atom stereocenters. The number of benzene rings is 2. The molecular weight excluding hydrogens is 553 g/mol. The summed E-state index contributed by atoms with van der Waals surface area (Å²) in [6.07, 6.45) is 1.04. The molecule has 0 fully saturated rings. The summed E-state index contributed by atoms with van der Waals surface area (Å²) in [5.74, 6) is -0.707. The first kappa shape index (κ1) is 28.2. The molecule has 3 heterocycles. The molecule has 1 atom stereocenters. The highest BCUT2D eigenvalue weighted by Crippen LogP contribution is 2.50. The quantitative estimate of drug-likeness (QED) is 0.160.